The first-order chi connectivity index (χ1) is 13.3. The van der Waals surface area contributed by atoms with E-state index in [1.54, 1.807) is 24.3 Å². The summed E-state index contributed by atoms with van der Waals surface area (Å²) in [5.41, 5.74) is -2.17. The Morgan fingerprint density at radius 1 is 1.07 bits per heavy atom. The number of hydrogen-bond acceptors (Lipinski definition) is 7. The van der Waals surface area contributed by atoms with E-state index in [2.05, 4.69) is 5.32 Å². The molecule has 1 N–H and O–H groups in total. The van der Waals surface area contributed by atoms with Gasteiger partial charge in [-0.15, -0.1) is 0 Å². The van der Waals surface area contributed by atoms with Crippen molar-refractivity contribution in [3.05, 3.63) is 73.2 Å². The number of benzene rings is 1. The Bertz CT molecular complexity index is 1270. The highest BCUT2D eigenvalue weighted by Gasteiger charge is 2.17. The molecule has 10 nitrogen and oxygen atoms in total. The van der Waals surface area contributed by atoms with Crippen LogP contribution in [-0.2, 0) is 23.6 Å². The maximum absolute atomic E-state index is 12.1. The molecule has 1 amide bonds. The minimum absolute atomic E-state index is 0.0561. The van der Waals surface area contributed by atoms with Gasteiger partial charge in [-0.3, -0.25) is 18.7 Å². The minimum Gasteiger partial charge on any atom is -0.452 e. The zero-order valence-corrected chi connectivity index (χ0v) is 14.9. The normalized spacial score (nSPS) is 10.6. The Kier molecular flexibility index (Phi) is 4.94. The van der Waals surface area contributed by atoms with E-state index in [0.717, 1.165) is 15.2 Å². The molecule has 2 heterocycles. The molecule has 0 spiro atoms. The fourth-order valence-electron chi connectivity index (χ4n) is 2.44. The number of rotatable bonds is 4. The third kappa shape index (κ3) is 3.61. The number of aromatic nitrogens is 2. The number of anilines is 1. The van der Waals surface area contributed by atoms with Crippen molar-refractivity contribution < 1.29 is 18.7 Å². The molecular weight excluding hydrogens is 370 g/mol. The molecule has 28 heavy (non-hydrogen) atoms. The topological polar surface area (TPSA) is 130 Å². The third-order valence-electron chi connectivity index (χ3n) is 3.99. The number of hydrogen-bond donors (Lipinski definition) is 1. The van der Waals surface area contributed by atoms with E-state index < -0.39 is 35.4 Å². The van der Waals surface area contributed by atoms with Crippen LogP contribution in [0.1, 0.15) is 10.4 Å². The molecule has 1 aromatic carbocycles. The Labute approximate surface area is 156 Å². The van der Waals surface area contributed by atoms with Crippen molar-refractivity contribution in [1.29, 1.82) is 0 Å². The Morgan fingerprint density at radius 3 is 2.54 bits per heavy atom. The van der Waals surface area contributed by atoms with Gasteiger partial charge in [0.2, 0.25) is 0 Å². The van der Waals surface area contributed by atoms with Crippen molar-refractivity contribution in [3.8, 4) is 0 Å². The monoisotopic (exact) mass is 385 g/mol. The molecule has 0 aliphatic carbocycles. The van der Waals surface area contributed by atoms with Crippen LogP contribution in [0.5, 0.6) is 0 Å². The molecule has 0 saturated carbocycles. The molecule has 0 aliphatic heterocycles. The first-order valence-corrected chi connectivity index (χ1v) is 8.05. The minimum atomic E-state index is -1.03. The van der Waals surface area contributed by atoms with Gasteiger partial charge in [0.25, 0.3) is 11.5 Å². The average molecular weight is 385 g/mol. The van der Waals surface area contributed by atoms with Gasteiger partial charge < -0.3 is 14.5 Å². The molecule has 0 unspecified atom stereocenters. The summed E-state index contributed by atoms with van der Waals surface area (Å²) in [5, 5.41) is 2.82. The molecular formula is C18H15N3O7. The number of nitrogens with zero attached hydrogens (tertiary/aromatic N) is 2. The number of amides is 1. The fraction of sp³-hybridized carbons (Fsp3) is 0.167. The smallest absolute Gasteiger partial charge is 0.351 e. The van der Waals surface area contributed by atoms with E-state index in [9.17, 15) is 24.0 Å². The third-order valence-corrected chi connectivity index (χ3v) is 3.99. The van der Waals surface area contributed by atoms with Crippen LogP contribution in [0.25, 0.3) is 11.0 Å². The van der Waals surface area contributed by atoms with Crippen LogP contribution in [0.3, 0.4) is 0 Å². The fourth-order valence-corrected chi connectivity index (χ4v) is 2.44. The quantitative estimate of drug-likeness (QED) is 0.494. The summed E-state index contributed by atoms with van der Waals surface area (Å²) >= 11 is 0. The van der Waals surface area contributed by atoms with Crippen LogP contribution in [0, 0.1) is 0 Å². The van der Waals surface area contributed by atoms with Gasteiger partial charge in [0.1, 0.15) is 17.0 Å². The molecule has 2 aromatic heterocycles. The van der Waals surface area contributed by atoms with E-state index in [-0.39, 0.29) is 11.4 Å². The number of nitrogens with one attached hydrogen (secondary N) is 1. The van der Waals surface area contributed by atoms with E-state index in [1.807, 2.05) is 0 Å². The molecule has 0 saturated heterocycles. The van der Waals surface area contributed by atoms with Gasteiger partial charge in [-0.05, 0) is 12.1 Å². The Hall–Kier alpha value is -3.95. The van der Waals surface area contributed by atoms with Crippen molar-refractivity contribution in [2.45, 2.75) is 0 Å². The first kappa shape index (κ1) is 18.8. The van der Waals surface area contributed by atoms with Crippen molar-refractivity contribution in [2.75, 3.05) is 11.9 Å². The van der Waals surface area contributed by atoms with Gasteiger partial charge in [0.05, 0.1) is 0 Å². The number of ether oxygens (including phenoxy) is 1. The van der Waals surface area contributed by atoms with Crippen molar-refractivity contribution in [1.82, 2.24) is 9.13 Å². The lowest BCUT2D eigenvalue weighted by Crippen LogP contribution is -2.38. The molecule has 144 valence electrons. The highest BCUT2D eigenvalue weighted by atomic mass is 16.5. The molecule has 0 bridgehead atoms. The summed E-state index contributed by atoms with van der Waals surface area (Å²) in [6.07, 6.45) is 0. The van der Waals surface area contributed by atoms with Crippen molar-refractivity contribution in [2.24, 2.45) is 14.1 Å². The van der Waals surface area contributed by atoms with E-state index in [1.165, 1.54) is 20.2 Å². The second-order valence-electron chi connectivity index (χ2n) is 5.88. The van der Waals surface area contributed by atoms with Crippen molar-refractivity contribution >= 4 is 28.7 Å². The zero-order chi connectivity index (χ0) is 20.4. The van der Waals surface area contributed by atoms with Gasteiger partial charge >= 0.3 is 17.3 Å². The number of para-hydroxylation sites is 1. The maximum atomic E-state index is 12.1. The van der Waals surface area contributed by atoms with Gasteiger partial charge in [-0.2, -0.15) is 0 Å². The molecule has 0 fully saturated rings. The lowest BCUT2D eigenvalue weighted by molar-refractivity contribution is -0.119. The summed E-state index contributed by atoms with van der Waals surface area (Å²) in [5.74, 6) is -1.88. The predicted molar refractivity (Wildman–Crippen MR) is 98.3 cm³/mol. The summed E-state index contributed by atoms with van der Waals surface area (Å²) in [6, 6.07) is 8.98. The number of carbonyl (C=O) groups is 2. The highest BCUT2D eigenvalue weighted by molar-refractivity contribution is 5.96. The first-order valence-electron chi connectivity index (χ1n) is 8.05. The van der Waals surface area contributed by atoms with Gasteiger partial charge in [0.15, 0.2) is 6.61 Å². The number of carbonyl (C=O) groups excluding carboxylic acids is 2. The lowest BCUT2D eigenvalue weighted by atomic mass is 10.2. The SMILES string of the molecule is Cn1c(NC(=O)COC(=O)c2cc3ccccc3oc2=O)cc(=O)n(C)c1=O. The largest absolute Gasteiger partial charge is 0.452 e. The predicted octanol–water partition coefficient (Wildman–Crippen LogP) is -0.0141. The van der Waals surface area contributed by atoms with Crippen LogP contribution in [0.2, 0.25) is 0 Å². The average Bonchev–Trinajstić information content (AvgIpc) is 2.68. The molecule has 0 aliphatic rings. The Morgan fingerprint density at radius 2 is 1.79 bits per heavy atom. The summed E-state index contributed by atoms with van der Waals surface area (Å²) in [6.45, 7) is -0.728. The molecule has 0 atom stereocenters. The van der Waals surface area contributed by atoms with Gasteiger partial charge in [0, 0.05) is 25.5 Å². The van der Waals surface area contributed by atoms with Crippen LogP contribution in [0.15, 0.2) is 55.2 Å². The molecule has 0 radical (unpaired) electrons. The Balaban J connectivity index is 1.73. The number of esters is 1. The summed E-state index contributed by atoms with van der Waals surface area (Å²) < 4.78 is 11.8. The maximum Gasteiger partial charge on any atom is 0.351 e. The molecule has 10 heteroatoms. The van der Waals surface area contributed by atoms with E-state index in [0.29, 0.717) is 11.0 Å². The van der Waals surface area contributed by atoms with Crippen LogP contribution in [-0.4, -0.2) is 27.6 Å². The molecule has 3 rings (SSSR count). The standard InChI is InChI=1S/C18H15N3O7/c1-20-13(8-15(23)21(2)18(20)26)19-14(22)9-27-16(24)11-7-10-5-3-4-6-12(10)28-17(11)25/h3-8H,9H2,1-2H3,(H,19,22). The second kappa shape index (κ2) is 7.35. The number of fused-ring (bicyclic) bond motifs is 1. The van der Waals surface area contributed by atoms with E-state index >= 15 is 0 Å². The van der Waals surface area contributed by atoms with Crippen LogP contribution >= 0.6 is 0 Å². The lowest BCUT2D eigenvalue weighted by Gasteiger charge is -2.10. The summed E-state index contributed by atoms with van der Waals surface area (Å²) in [4.78, 5) is 59.5. The molecule has 3 aromatic rings. The second-order valence-corrected chi connectivity index (χ2v) is 5.88. The van der Waals surface area contributed by atoms with E-state index in [4.69, 9.17) is 9.15 Å². The van der Waals surface area contributed by atoms with Crippen LogP contribution in [0.4, 0.5) is 5.82 Å². The highest BCUT2D eigenvalue weighted by Crippen LogP contribution is 2.13. The zero-order valence-electron chi connectivity index (χ0n) is 14.9. The van der Waals surface area contributed by atoms with Gasteiger partial charge in [-0.1, -0.05) is 18.2 Å². The summed E-state index contributed by atoms with van der Waals surface area (Å²) in [7, 11) is 2.66. The van der Waals surface area contributed by atoms with Gasteiger partial charge in [-0.25, -0.2) is 14.4 Å². The van der Waals surface area contributed by atoms with Crippen LogP contribution < -0.4 is 22.2 Å². The van der Waals surface area contributed by atoms with Crippen molar-refractivity contribution in [3.63, 3.8) is 0 Å².